The molecule has 1 saturated heterocycles. The van der Waals surface area contributed by atoms with Gasteiger partial charge in [-0.05, 0) is 37.5 Å². The Morgan fingerprint density at radius 2 is 2.33 bits per heavy atom. The number of halogens is 2. The normalized spacial score (nSPS) is 17.8. The molecule has 1 fully saturated rings. The number of hydrogen-bond donors (Lipinski definition) is 2. The van der Waals surface area contributed by atoms with Gasteiger partial charge in [-0.1, -0.05) is 41.0 Å². The lowest BCUT2D eigenvalue weighted by Gasteiger charge is -2.16. The number of hydrogen-bond acceptors (Lipinski definition) is 5. The molecule has 27 heavy (non-hydrogen) atoms. The number of aromatic amines is 1. The maximum Gasteiger partial charge on any atom is 0.344 e. The van der Waals surface area contributed by atoms with Crippen molar-refractivity contribution < 1.29 is 9.53 Å². The molecule has 2 aromatic rings. The molecule has 1 aliphatic rings. The van der Waals surface area contributed by atoms with Crippen molar-refractivity contribution in [3.05, 3.63) is 44.3 Å². The number of carbonyl (C=O) groups excluding carboxylic acids is 1. The summed E-state index contributed by atoms with van der Waals surface area (Å²) in [6, 6.07) is 4.89. The number of aromatic nitrogens is 3. The molecule has 3 rings (SSSR count). The minimum absolute atomic E-state index is 0.0144. The average Bonchev–Trinajstić information content (AvgIpc) is 3.24. The van der Waals surface area contributed by atoms with E-state index in [1.165, 1.54) is 16.3 Å². The van der Waals surface area contributed by atoms with E-state index in [0.717, 1.165) is 18.4 Å². The monoisotopic (exact) mass is 430 g/mol. The molecule has 1 aromatic carbocycles. The molecule has 2 N–H and O–H groups in total. The van der Waals surface area contributed by atoms with Crippen LogP contribution in [0.15, 0.2) is 28.2 Å². The first-order valence-electron chi connectivity index (χ1n) is 8.58. The average molecular weight is 431 g/mol. The maximum atomic E-state index is 12.3. The minimum atomic E-state index is -0.297. The lowest BCUT2D eigenvalue weighted by Crippen LogP contribution is -2.29. The number of rotatable bonds is 7. The van der Waals surface area contributed by atoms with Gasteiger partial charge in [-0.25, -0.2) is 9.89 Å². The van der Waals surface area contributed by atoms with Crippen molar-refractivity contribution in [3.8, 4) is 0 Å². The lowest BCUT2D eigenvalue weighted by molar-refractivity contribution is -0.119. The van der Waals surface area contributed by atoms with E-state index in [-0.39, 0.29) is 29.5 Å². The van der Waals surface area contributed by atoms with Gasteiger partial charge in [0.05, 0.1) is 24.4 Å². The summed E-state index contributed by atoms with van der Waals surface area (Å²) in [5, 5.41) is 10.8. The highest BCUT2D eigenvalue weighted by molar-refractivity contribution is 7.99. The fourth-order valence-corrected chi connectivity index (χ4v) is 4.25. The van der Waals surface area contributed by atoms with Crippen LogP contribution in [0.2, 0.25) is 10.0 Å². The van der Waals surface area contributed by atoms with Gasteiger partial charge in [0.25, 0.3) is 0 Å². The zero-order valence-corrected chi connectivity index (χ0v) is 17.0. The molecule has 0 saturated carbocycles. The summed E-state index contributed by atoms with van der Waals surface area (Å²) in [7, 11) is 0. The smallest absolute Gasteiger partial charge is 0.344 e. The number of nitrogens with zero attached hydrogens (tertiary/aromatic N) is 2. The van der Waals surface area contributed by atoms with Gasteiger partial charge in [0.15, 0.2) is 5.16 Å². The van der Waals surface area contributed by atoms with Crippen LogP contribution < -0.4 is 11.0 Å². The fourth-order valence-electron chi connectivity index (χ4n) is 2.91. The third-order valence-corrected chi connectivity index (χ3v) is 5.81. The molecule has 1 amide bonds. The minimum Gasteiger partial charge on any atom is -0.376 e. The quantitative estimate of drug-likeness (QED) is 0.658. The Balaban J connectivity index is 1.57. The van der Waals surface area contributed by atoms with Gasteiger partial charge in [-0.3, -0.25) is 9.36 Å². The maximum absolute atomic E-state index is 12.3. The Labute approximate surface area is 170 Å². The molecule has 10 heteroatoms. The molecule has 0 radical (unpaired) electrons. The van der Waals surface area contributed by atoms with Crippen molar-refractivity contribution in [3.63, 3.8) is 0 Å². The van der Waals surface area contributed by atoms with Crippen LogP contribution in [-0.2, 0) is 16.1 Å². The fraction of sp³-hybridized carbons (Fsp3) is 0.471. The van der Waals surface area contributed by atoms with Crippen LogP contribution in [0.1, 0.15) is 31.4 Å². The molecular formula is C17H20Cl2N4O3S. The Morgan fingerprint density at radius 1 is 1.52 bits per heavy atom. The number of H-pyrrole nitrogens is 1. The number of benzene rings is 1. The standard InChI is InChI=1S/C17H20Cl2N4O3S/c1-10(13-5-4-11(18)7-14(13)19)20-15(24)9-27-17-22-21-16(25)23(17)8-12-3-2-6-26-12/h4-5,7,10,12H,2-3,6,8-9H2,1H3,(H,20,24)(H,21,25). The van der Waals surface area contributed by atoms with Gasteiger partial charge >= 0.3 is 5.69 Å². The highest BCUT2D eigenvalue weighted by atomic mass is 35.5. The number of thioether (sulfide) groups is 1. The van der Waals surface area contributed by atoms with E-state index in [2.05, 4.69) is 15.5 Å². The second-order valence-corrected chi connectivity index (χ2v) is 8.09. The lowest BCUT2D eigenvalue weighted by atomic mass is 10.1. The third kappa shape index (κ3) is 5.28. The van der Waals surface area contributed by atoms with Gasteiger partial charge in [0.1, 0.15) is 0 Å². The largest absolute Gasteiger partial charge is 0.376 e. The van der Waals surface area contributed by atoms with Crippen LogP contribution >= 0.6 is 35.0 Å². The zero-order chi connectivity index (χ0) is 19.4. The summed E-state index contributed by atoms with van der Waals surface area (Å²) in [5.41, 5.74) is 0.490. The Kier molecular flexibility index (Phi) is 6.86. The number of carbonyl (C=O) groups is 1. The topological polar surface area (TPSA) is 89.0 Å². The van der Waals surface area contributed by atoms with Crippen LogP contribution in [0.4, 0.5) is 0 Å². The predicted molar refractivity (Wildman–Crippen MR) is 106 cm³/mol. The van der Waals surface area contributed by atoms with E-state index in [1.54, 1.807) is 18.2 Å². The summed E-state index contributed by atoms with van der Waals surface area (Å²) >= 11 is 13.3. The first kappa shape index (κ1) is 20.3. The summed E-state index contributed by atoms with van der Waals surface area (Å²) < 4.78 is 7.09. The Hall–Kier alpha value is -1.48. The van der Waals surface area contributed by atoms with E-state index in [4.69, 9.17) is 27.9 Å². The van der Waals surface area contributed by atoms with Crippen LogP contribution in [-0.4, -0.2) is 39.1 Å². The predicted octanol–water partition coefficient (Wildman–Crippen LogP) is 3.03. The molecule has 2 atom stereocenters. The van der Waals surface area contributed by atoms with E-state index in [0.29, 0.717) is 28.4 Å². The molecule has 0 aliphatic carbocycles. The number of ether oxygens (including phenoxy) is 1. The molecule has 146 valence electrons. The Bertz CT molecular complexity index is 864. The van der Waals surface area contributed by atoms with Crippen LogP contribution in [0.25, 0.3) is 0 Å². The molecule has 1 aromatic heterocycles. The van der Waals surface area contributed by atoms with Crippen molar-refractivity contribution in [1.29, 1.82) is 0 Å². The highest BCUT2D eigenvalue weighted by Gasteiger charge is 2.20. The second kappa shape index (κ2) is 9.14. The van der Waals surface area contributed by atoms with Gasteiger partial charge < -0.3 is 10.1 Å². The molecule has 0 bridgehead atoms. The van der Waals surface area contributed by atoms with Gasteiger partial charge in [-0.2, -0.15) is 0 Å². The van der Waals surface area contributed by atoms with E-state index in [9.17, 15) is 9.59 Å². The van der Waals surface area contributed by atoms with Crippen molar-refractivity contribution in [2.75, 3.05) is 12.4 Å². The molecule has 1 aliphatic heterocycles. The van der Waals surface area contributed by atoms with Gasteiger partial charge in [0.2, 0.25) is 5.91 Å². The summed E-state index contributed by atoms with van der Waals surface area (Å²) in [6.07, 6.45) is 1.93. The highest BCUT2D eigenvalue weighted by Crippen LogP contribution is 2.26. The van der Waals surface area contributed by atoms with Crippen molar-refractivity contribution in [2.45, 2.75) is 43.6 Å². The second-order valence-electron chi connectivity index (χ2n) is 6.30. The molecule has 0 spiro atoms. The van der Waals surface area contributed by atoms with Crippen molar-refractivity contribution >= 4 is 40.9 Å². The van der Waals surface area contributed by atoms with Gasteiger partial charge in [0, 0.05) is 16.7 Å². The van der Waals surface area contributed by atoms with E-state index in [1.807, 2.05) is 6.92 Å². The molecule has 2 unspecified atom stereocenters. The van der Waals surface area contributed by atoms with Crippen molar-refractivity contribution in [1.82, 2.24) is 20.1 Å². The SMILES string of the molecule is CC(NC(=O)CSc1n[nH]c(=O)n1CC1CCCO1)c1ccc(Cl)cc1Cl. The van der Waals surface area contributed by atoms with Crippen LogP contribution in [0.3, 0.4) is 0 Å². The summed E-state index contributed by atoms with van der Waals surface area (Å²) in [6.45, 7) is 3.00. The first-order chi connectivity index (χ1) is 12.9. The van der Waals surface area contributed by atoms with Crippen molar-refractivity contribution in [2.24, 2.45) is 0 Å². The van der Waals surface area contributed by atoms with E-state index >= 15 is 0 Å². The molecule has 7 nitrogen and oxygen atoms in total. The van der Waals surface area contributed by atoms with E-state index < -0.39 is 0 Å². The van der Waals surface area contributed by atoms with Crippen LogP contribution in [0.5, 0.6) is 0 Å². The molecule has 2 heterocycles. The van der Waals surface area contributed by atoms with Crippen LogP contribution in [0, 0.1) is 0 Å². The summed E-state index contributed by atoms with van der Waals surface area (Å²) in [4.78, 5) is 24.2. The number of nitrogens with one attached hydrogen (secondary N) is 2. The summed E-state index contributed by atoms with van der Waals surface area (Å²) in [5.74, 6) is -0.0524. The molecular weight excluding hydrogens is 411 g/mol. The third-order valence-electron chi connectivity index (χ3n) is 4.27. The Morgan fingerprint density at radius 3 is 3.04 bits per heavy atom. The number of amides is 1. The van der Waals surface area contributed by atoms with Gasteiger partial charge in [-0.15, -0.1) is 5.10 Å². The first-order valence-corrected chi connectivity index (χ1v) is 10.3. The zero-order valence-electron chi connectivity index (χ0n) is 14.7.